The molecule has 1 aliphatic heterocycles. The highest BCUT2D eigenvalue weighted by molar-refractivity contribution is 5.79. The largest absolute Gasteiger partial charge is 0.381 e. The van der Waals surface area contributed by atoms with E-state index in [1.807, 2.05) is 24.6 Å². The molecule has 0 saturated carbocycles. The maximum absolute atomic E-state index is 5.44. The van der Waals surface area contributed by atoms with Crippen molar-refractivity contribution in [1.82, 2.24) is 25.0 Å². The Morgan fingerprint density at radius 1 is 1.59 bits per heavy atom. The van der Waals surface area contributed by atoms with Gasteiger partial charge in [0.15, 0.2) is 11.8 Å². The van der Waals surface area contributed by atoms with Crippen LogP contribution in [-0.4, -0.2) is 59.0 Å². The summed E-state index contributed by atoms with van der Waals surface area (Å²) in [6, 6.07) is 0. The Hall–Kier alpha value is -1.89. The average Bonchev–Trinajstić information content (AvgIpc) is 3.11. The van der Waals surface area contributed by atoms with E-state index in [0.29, 0.717) is 19.0 Å². The summed E-state index contributed by atoms with van der Waals surface area (Å²) in [5.74, 6) is 3.17. The summed E-state index contributed by atoms with van der Waals surface area (Å²) in [7, 11) is 4.01. The van der Waals surface area contributed by atoms with Crippen LogP contribution in [0.2, 0.25) is 0 Å². The molecular formula is C15H26N6O. The molecule has 1 saturated heterocycles. The molecule has 1 fully saturated rings. The molecule has 7 nitrogen and oxygen atoms in total. The third kappa shape index (κ3) is 4.30. The van der Waals surface area contributed by atoms with Crippen molar-refractivity contribution in [2.45, 2.75) is 19.9 Å². The minimum atomic E-state index is 0.502. The van der Waals surface area contributed by atoms with E-state index >= 15 is 0 Å². The molecule has 2 rings (SSSR count). The predicted octanol–water partition coefficient (Wildman–Crippen LogP) is 0.723. The number of aromatic nitrogens is 3. The molecule has 1 aromatic rings. The summed E-state index contributed by atoms with van der Waals surface area (Å²) in [6.45, 7) is 9.50. The average molecular weight is 306 g/mol. The standard InChI is InChI=1S/C15H26N6O/c1-5-7-16-15(20(3)10-13-6-8-22-11-13)17-9-14-19-18-12(2)21(14)4/h5,13H,1,6-11H2,2-4H3,(H,16,17). The smallest absolute Gasteiger partial charge is 0.194 e. The molecule has 1 unspecified atom stereocenters. The second kappa shape index (κ2) is 7.93. The molecule has 1 aromatic heterocycles. The fraction of sp³-hybridized carbons (Fsp3) is 0.667. The van der Waals surface area contributed by atoms with Gasteiger partial charge in [0, 0.05) is 39.7 Å². The van der Waals surface area contributed by atoms with E-state index in [1.165, 1.54) is 0 Å². The molecule has 7 heteroatoms. The van der Waals surface area contributed by atoms with E-state index < -0.39 is 0 Å². The molecule has 1 N–H and O–H groups in total. The van der Waals surface area contributed by atoms with Crippen molar-refractivity contribution >= 4 is 5.96 Å². The van der Waals surface area contributed by atoms with Crippen molar-refractivity contribution in [1.29, 1.82) is 0 Å². The third-order valence-electron chi connectivity index (χ3n) is 3.88. The number of nitrogens with one attached hydrogen (secondary N) is 1. The quantitative estimate of drug-likeness (QED) is 0.477. The van der Waals surface area contributed by atoms with Gasteiger partial charge in [-0.15, -0.1) is 16.8 Å². The van der Waals surface area contributed by atoms with Crippen LogP contribution in [0.3, 0.4) is 0 Å². The lowest BCUT2D eigenvalue weighted by Crippen LogP contribution is -2.41. The highest BCUT2D eigenvalue weighted by atomic mass is 16.5. The number of ether oxygens (including phenoxy) is 1. The lowest BCUT2D eigenvalue weighted by Gasteiger charge is -2.24. The van der Waals surface area contributed by atoms with Gasteiger partial charge in [-0.25, -0.2) is 4.99 Å². The first-order chi connectivity index (χ1) is 10.6. The van der Waals surface area contributed by atoms with Crippen molar-refractivity contribution in [2.75, 3.05) is 33.4 Å². The molecule has 0 amide bonds. The molecule has 1 atom stereocenters. The molecule has 0 radical (unpaired) electrons. The number of aryl methyl sites for hydroxylation is 1. The second-order valence-corrected chi connectivity index (χ2v) is 5.64. The van der Waals surface area contributed by atoms with Crippen LogP contribution < -0.4 is 5.32 Å². The number of hydrogen-bond donors (Lipinski definition) is 1. The number of guanidine groups is 1. The Morgan fingerprint density at radius 2 is 2.41 bits per heavy atom. The fourth-order valence-electron chi connectivity index (χ4n) is 2.41. The summed E-state index contributed by atoms with van der Waals surface area (Å²) in [5.41, 5.74) is 0. The van der Waals surface area contributed by atoms with Gasteiger partial charge in [0.2, 0.25) is 0 Å². The third-order valence-corrected chi connectivity index (χ3v) is 3.88. The van der Waals surface area contributed by atoms with Crippen molar-refractivity contribution in [3.8, 4) is 0 Å². The van der Waals surface area contributed by atoms with Gasteiger partial charge in [0.1, 0.15) is 12.4 Å². The lowest BCUT2D eigenvalue weighted by molar-refractivity contribution is 0.181. The summed E-state index contributed by atoms with van der Waals surface area (Å²) in [6.07, 6.45) is 2.94. The highest BCUT2D eigenvalue weighted by Crippen LogP contribution is 2.13. The zero-order valence-electron chi connectivity index (χ0n) is 13.7. The molecule has 1 aliphatic rings. The zero-order chi connectivity index (χ0) is 15.9. The van der Waals surface area contributed by atoms with Crippen LogP contribution in [0.25, 0.3) is 0 Å². The van der Waals surface area contributed by atoms with Crippen molar-refractivity contribution in [3.63, 3.8) is 0 Å². The minimum absolute atomic E-state index is 0.502. The van der Waals surface area contributed by atoms with Crippen molar-refractivity contribution < 1.29 is 4.74 Å². The van der Waals surface area contributed by atoms with Gasteiger partial charge in [-0.2, -0.15) is 0 Å². The highest BCUT2D eigenvalue weighted by Gasteiger charge is 2.19. The number of hydrogen-bond acceptors (Lipinski definition) is 4. The van der Waals surface area contributed by atoms with Gasteiger partial charge in [-0.3, -0.25) is 0 Å². The van der Waals surface area contributed by atoms with Crippen LogP contribution in [0, 0.1) is 12.8 Å². The first-order valence-corrected chi connectivity index (χ1v) is 7.64. The molecule has 2 heterocycles. The fourth-order valence-corrected chi connectivity index (χ4v) is 2.41. The normalized spacial score (nSPS) is 18.5. The maximum Gasteiger partial charge on any atom is 0.194 e. The molecule has 0 aliphatic carbocycles. The Labute approximate surface area is 132 Å². The van der Waals surface area contributed by atoms with Crippen LogP contribution in [-0.2, 0) is 18.3 Å². The molecular weight excluding hydrogens is 280 g/mol. The van der Waals surface area contributed by atoms with E-state index in [1.54, 1.807) is 0 Å². The second-order valence-electron chi connectivity index (χ2n) is 5.64. The van der Waals surface area contributed by atoms with E-state index in [9.17, 15) is 0 Å². The summed E-state index contributed by atoms with van der Waals surface area (Å²) in [5, 5.41) is 11.5. The summed E-state index contributed by atoms with van der Waals surface area (Å²) < 4.78 is 7.40. The molecule has 22 heavy (non-hydrogen) atoms. The Bertz CT molecular complexity index is 518. The van der Waals surface area contributed by atoms with Crippen molar-refractivity contribution in [3.05, 3.63) is 24.3 Å². The Balaban J connectivity index is 2.01. The molecule has 0 aromatic carbocycles. The van der Waals surface area contributed by atoms with Gasteiger partial charge in [0.05, 0.1) is 6.61 Å². The van der Waals surface area contributed by atoms with Crippen LogP contribution in [0.5, 0.6) is 0 Å². The summed E-state index contributed by atoms with van der Waals surface area (Å²) >= 11 is 0. The van der Waals surface area contributed by atoms with Gasteiger partial charge in [-0.1, -0.05) is 6.08 Å². The van der Waals surface area contributed by atoms with E-state index in [-0.39, 0.29) is 0 Å². The predicted molar refractivity (Wildman–Crippen MR) is 86.6 cm³/mol. The van der Waals surface area contributed by atoms with Gasteiger partial charge >= 0.3 is 0 Å². The Kier molecular flexibility index (Phi) is 5.94. The zero-order valence-corrected chi connectivity index (χ0v) is 13.7. The number of rotatable bonds is 6. The van der Waals surface area contributed by atoms with E-state index in [2.05, 4.69) is 39.0 Å². The monoisotopic (exact) mass is 306 g/mol. The Morgan fingerprint density at radius 3 is 3.00 bits per heavy atom. The molecule has 0 bridgehead atoms. The minimum Gasteiger partial charge on any atom is -0.381 e. The first-order valence-electron chi connectivity index (χ1n) is 7.64. The van der Waals surface area contributed by atoms with Gasteiger partial charge < -0.3 is 19.5 Å². The number of aliphatic imine (C=N–C) groups is 1. The van der Waals surface area contributed by atoms with Crippen LogP contribution in [0.1, 0.15) is 18.1 Å². The molecule has 122 valence electrons. The maximum atomic E-state index is 5.44. The van der Waals surface area contributed by atoms with Gasteiger partial charge in [-0.05, 0) is 13.3 Å². The molecule has 0 spiro atoms. The summed E-state index contributed by atoms with van der Waals surface area (Å²) in [4.78, 5) is 6.81. The van der Waals surface area contributed by atoms with Crippen LogP contribution in [0.4, 0.5) is 0 Å². The van der Waals surface area contributed by atoms with E-state index in [0.717, 1.165) is 43.8 Å². The lowest BCUT2D eigenvalue weighted by atomic mass is 10.1. The topological polar surface area (TPSA) is 67.6 Å². The number of nitrogens with zero attached hydrogens (tertiary/aromatic N) is 5. The SMILES string of the molecule is C=CCNC(=NCc1nnc(C)n1C)N(C)CC1CCOC1. The van der Waals surface area contributed by atoms with Gasteiger partial charge in [0.25, 0.3) is 0 Å². The van der Waals surface area contributed by atoms with Crippen LogP contribution in [0.15, 0.2) is 17.6 Å². The van der Waals surface area contributed by atoms with Crippen molar-refractivity contribution in [2.24, 2.45) is 18.0 Å². The van der Waals surface area contributed by atoms with Crippen LogP contribution >= 0.6 is 0 Å². The first kappa shape index (κ1) is 16.5. The van der Waals surface area contributed by atoms with E-state index in [4.69, 9.17) is 4.74 Å².